The van der Waals surface area contributed by atoms with E-state index in [0.29, 0.717) is 6.04 Å². The van der Waals surface area contributed by atoms with E-state index in [9.17, 15) is 0 Å². The molecular formula is C20H21NS. The maximum atomic E-state index is 2.23. The molecule has 2 heteroatoms. The summed E-state index contributed by atoms with van der Waals surface area (Å²) >= 11 is 1.74. The highest BCUT2D eigenvalue weighted by molar-refractivity contribution is 7.08. The fourth-order valence-corrected chi connectivity index (χ4v) is 3.20. The third kappa shape index (κ3) is 3.13. The third-order valence-corrected chi connectivity index (χ3v) is 4.92. The van der Waals surface area contributed by atoms with E-state index < -0.39 is 0 Å². The lowest BCUT2D eigenvalue weighted by molar-refractivity contribution is 0.321. The Hall–Kier alpha value is -1.90. The molecule has 0 N–H and O–H groups in total. The highest BCUT2D eigenvalue weighted by atomic mass is 32.1. The minimum atomic E-state index is 0.440. The molecule has 0 aliphatic carbocycles. The SMILES string of the molecule is CC(c1ccc(-c2ccc(-c3ccsc3)cc2)cc1)N(C)C. The summed E-state index contributed by atoms with van der Waals surface area (Å²) in [6, 6.07) is 20.3. The van der Waals surface area contributed by atoms with Gasteiger partial charge in [-0.2, -0.15) is 11.3 Å². The zero-order valence-electron chi connectivity index (χ0n) is 13.3. The Bertz CT molecular complexity index is 709. The molecule has 3 rings (SSSR count). The van der Waals surface area contributed by atoms with Crippen molar-refractivity contribution >= 4 is 11.3 Å². The van der Waals surface area contributed by atoms with Crippen molar-refractivity contribution in [3.8, 4) is 22.3 Å². The zero-order valence-corrected chi connectivity index (χ0v) is 14.1. The molecule has 112 valence electrons. The van der Waals surface area contributed by atoms with Gasteiger partial charge >= 0.3 is 0 Å². The molecular weight excluding hydrogens is 286 g/mol. The van der Waals surface area contributed by atoms with Crippen LogP contribution in [0, 0.1) is 0 Å². The second kappa shape index (κ2) is 6.47. The fourth-order valence-electron chi connectivity index (χ4n) is 2.54. The summed E-state index contributed by atoms with van der Waals surface area (Å²) in [4.78, 5) is 2.23. The van der Waals surface area contributed by atoms with E-state index >= 15 is 0 Å². The summed E-state index contributed by atoms with van der Waals surface area (Å²) in [5.41, 5.74) is 6.47. The van der Waals surface area contributed by atoms with Crippen LogP contribution < -0.4 is 0 Å². The highest BCUT2D eigenvalue weighted by Gasteiger charge is 2.07. The molecule has 1 atom stereocenters. The molecule has 1 unspecified atom stereocenters. The fraction of sp³-hybridized carbons (Fsp3) is 0.200. The lowest BCUT2D eigenvalue weighted by Gasteiger charge is -2.20. The Balaban J connectivity index is 1.82. The lowest BCUT2D eigenvalue weighted by Crippen LogP contribution is -2.16. The first-order chi connectivity index (χ1) is 10.6. The standard InChI is InChI=1S/C20H21NS/c1-15(21(2)3)16-4-6-17(7-5-16)18-8-10-19(11-9-18)20-12-13-22-14-20/h4-15H,1-3H3. The molecule has 1 aromatic heterocycles. The molecule has 2 aromatic carbocycles. The minimum absolute atomic E-state index is 0.440. The molecule has 1 heterocycles. The van der Waals surface area contributed by atoms with Crippen molar-refractivity contribution in [3.63, 3.8) is 0 Å². The number of rotatable bonds is 4. The van der Waals surface area contributed by atoms with Crippen molar-refractivity contribution < 1.29 is 0 Å². The summed E-state index contributed by atoms with van der Waals surface area (Å²) in [6.07, 6.45) is 0. The number of hydrogen-bond acceptors (Lipinski definition) is 2. The van der Waals surface area contributed by atoms with Gasteiger partial charge in [-0.05, 0) is 65.7 Å². The molecule has 0 radical (unpaired) electrons. The van der Waals surface area contributed by atoms with Gasteiger partial charge in [0.25, 0.3) is 0 Å². The van der Waals surface area contributed by atoms with E-state index in [-0.39, 0.29) is 0 Å². The first-order valence-electron chi connectivity index (χ1n) is 7.54. The van der Waals surface area contributed by atoms with E-state index in [2.05, 4.69) is 91.3 Å². The predicted molar refractivity (Wildman–Crippen MR) is 97.3 cm³/mol. The van der Waals surface area contributed by atoms with Gasteiger partial charge in [0.05, 0.1) is 0 Å². The van der Waals surface area contributed by atoms with Gasteiger partial charge < -0.3 is 4.90 Å². The lowest BCUT2D eigenvalue weighted by atomic mass is 9.99. The van der Waals surface area contributed by atoms with Crippen molar-refractivity contribution in [2.24, 2.45) is 0 Å². The quantitative estimate of drug-likeness (QED) is 0.597. The molecule has 0 fully saturated rings. The van der Waals surface area contributed by atoms with Gasteiger partial charge in [0.2, 0.25) is 0 Å². The van der Waals surface area contributed by atoms with E-state index in [1.54, 1.807) is 11.3 Å². The second-order valence-electron chi connectivity index (χ2n) is 5.85. The summed E-state index contributed by atoms with van der Waals surface area (Å²) in [7, 11) is 4.23. The Labute approximate surface area is 136 Å². The smallest absolute Gasteiger partial charge is 0.0313 e. The van der Waals surface area contributed by atoms with Crippen molar-refractivity contribution in [1.29, 1.82) is 0 Å². The second-order valence-corrected chi connectivity index (χ2v) is 6.63. The molecule has 0 aliphatic heterocycles. The zero-order chi connectivity index (χ0) is 15.5. The van der Waals surface area contributed by atoms with Gasteiger partial charge in [-0.1, -0.05) is 48.5 Å². The summed E-state index contributed by atoms with van der Waals surface area (Å²) in [5, 5.41) is 4.31. The van der Waals surface area contributed by atoms with Crippen LogP contribution in [0.3, 0.4) is 0 Å². The van der Waals surface area contributed by atoms with Gasteiger partial charge in [-0.25, -0.2) is 0 Å². The van der Waals surface area contributed by atoms with Crippen LogP contribution in [0.4, 0.5) is 0 Å². The molecule has 0 saturated heterocycles. The number of thiophene rings is 1. The normalized spacial score (nSPS) is 12.5. The Kier molecular flexibility index (Phi) is 4.41. The topological polar surface area (TPSA) is 3.24 Å². The Morgan fingerprint density at radius 3 is 1.68 bits per heavy atom. The van der Waals surface area contributed by atoms with Crippen molar-refractivity contribution in [2.45, 2.75) is 13.0 Å². The van der Waals surface area contributed by atoms with Crippen molar-refractivity contribution in [2.75, 3.05) is 14.1 Å². The molecule has 0 bridgehead atoms. The van der Waals surface area contributed by atoms with Crippen molar-refractivity contribution in [1.82, 2.24) is 4.90 Å². The van der Waals surface area contributed by atoms with Crippen LogP contribution >= 0.6 is 11.3 Å². The van der Waals surface area contributed by atoms with Gasteiger partial charge in [-0.15, -0.1) is 0 Å². The molecule has 0 aliphatic rings. The first-order valence-corrected chi connectivity index (χ1v) is 8.49. The van der Waals surface area contributed by atoms with Gasteiger partial charge in [0, 0.05) is 6.04 Å². The van der Waals surface area contributed by atoms with Gasteiger partial charge in [0.15, 0.2) is 0 Å². The Morgan fingerprint density at radius 1 is 0.727 bits per heavy atom. The van der Waals surface area contributed by atoms with Crippen LogP contribution in [0.5, 0.6) is 0 Å². The summed E-state index contributed by atoms with van der Waals surface area (Å²) in [6.45, 7) is 2.23. The molecule has 22 heavy (non-hydrogen) atoms. The highest BCUT2D eigenvalue weighted by Crippen LogP contribution is 2.27. The predicted octanol–water partition coefficient (Wildman–Crippen LogP) is 5.70. The van der Waals surface area contributed by atoms with E-state index in [1.807, 2.05) is 0 Å². The molecule has 0 amide bonds. The average molecular weight is 307 g/mol. The maximum Gasteiger partial charge on any atom is 0.0313 e. The van der Waals surface area contributed by atoms with Gasteiger partial charge in [0.1, 0.15) is 0 Å². The number of benzene rings is 2. The Morgan fingerprint density at radius 2 is 1.23 bits per heavy atom. The van der Waals surface area contributed by atoms with Gasteiger partial charge in [-0.3, -0.25) is 0 Å². The minimum Gasteiger partial charge on any atom is -0.303 e. The molecule has 3 aromatic rings. The monoisotopic (exact) mass is 307 g/mol. The molecule has 1 nitrogen and oxygen atoms in total. The largest absolute Gasteiger partial charge is 0.303 e. The summed E-state index contributed by atoms with van der Waals surface area (Å²) < 4.78 is 0. The molecule has 0 saturated carbocycles. The van der Waals surface area contributed by atoms with Crippen LogP contribution in [-0.2, 0) is 0 Å². The van der Waals surface area contributed by atoms with Crippen LogP contribution in [-0.4, -0.2) is 19.0 Å². The first kappa shape index (κ1) is 15.0. The number of nitrogens with zero attached hydrogens (tertiary/aromatic N) is 1. The van der Waals surface area contributed by atoms with Crippen LogP contribution in [0.25, 0.3) is 22.3 Å². The van der Waals surface area contributed by atoms with Crippen LogP contribution in [0.1, 0.15) is 18.5 Å². The third-order valence-electron chi connectivity index (χ3n) is 4.24. The van der Waals surface area contributed by atoms with Crippen LogP contribution in [0.2, 0.25) is 0 Å². The average Bonchev–Trinajstić information content (AvgIpc) is 3.09. The summed E-state index contributed by atoms with van der Waals surface area (Å²) in [5.74, 6) is 0. The van der Waals surface area contributed by atoms with Crippen molar-refractivity contribution in [3.05, 3.63) is 70.9 Å². The maximum absolute atomic E-state index is 2.23. The van der Waals surface area contributed by atoms with E-state index in [4.69, 9.17) is 0 Å². The van der Waals surface area contributed by atoms with Crippen LogP contribution in [0.15, 0.2) is 65.4 Å². The number of hydrogen-bond donors (Lipinski definition) is 0. The molecule has 0 spiro atoms. The van der Waals surface area contributed by atoms with E-state index in [1.165, 1.54) is 27.8 Å². The van der Waals surface area contributed by atoms with E-state index in [0.717, 1.165) is 0 Å².